The fourth-order valence-electron chi connectivity index (χ4n) is 4.85. The number of fused-ring (bicyclic) bond motifs is 1. The summed E-state index contributed by atoms with van der Waals surface area (Å²) in [7, 11) is -3.54. The lowest BCUT2D eigenvalue weighted by atomic mass is 10.1. The van der Waals surface area contributed by atoms with Crippen LogP contribution in [0.15, 0.2) is 49.1 Å². The third-order valence-electron chi connectivity index (χ3n) is 6.44. The van der Waals surface area contributed by atoms with Gasteiger partial charge in [0.15, 0.2) is 0 Å². The van der Waals surface area contributed by atoms with Crippen molar-refractivity contribution in [2.45, 2.75) is 58.9 Å². The maximum absolute atomic E-state index is 6.48. The van der Waals surface area contributed by atoms with Gasteiger partial charge in [-0.2, -0.15) is 0 Å². The SMILES string of the molecule is C=CCOc1c([Si](C)(C)C)cc(C)cc1[Si](CC)(CC)c1cccc2c1C=CC2. The molecule has 0 N–H and O–H groups in total. The molecular weight excluding hydrogens is 384 g/mol. The first-order chi connectivity index (χ1) is 13.8. The number of aryl methyl sites for hydroxylation is 1. The molecule has 154 valence electrons. The Hall–Kier alpha value is -1.85. The highest BCUT2D eigenvalue weighted by Crippen LogP contribution is 2.28. The Balaban J connectivity index is 2.36. The van der Waals surface area contributed by atoms with Crippen molar-refractivity contribution >= 4 is 37.8 Å². The van der Waals surface area contributed by atoms with Crippen LogP contribution in [0.1, 0.15) is 30.5 Å². The highest BCUT2D eigenvalue weighted by Gasteiger charge is 2.40. The summed E-state index contributed by atoms with van der Waals surface area (Å²) in [6.07, 6.45) is 7.62. The van der Waals surface area contributed by atoms with Gasteiger partial charge in [0.25, 0.3) is 0 Å². The lowest BCUT2D eigenvalue weighted by Crippen LogP contribution is -2.60. The molecule has 1 aliphatic rings. The van der Waals surface area contributed by atoms with E-state index in [0.29, 0.717) is 6.61 Å². The molecule has 0 amide bonds. The molecule has 0 fully saturated rings. The van der Waals surface area contributed by atoms with Crippen molar-refractivity contribution < 1.29 is 4.74 Å². The minimum absolute atomic E-state index is 0.568. The lowest BCUT2D eigenvalue weighted by Gasteiger charge is -2.36. The minimum Gasteiger partial charge on any atom is -0.490 e. The largest absolute Gasteiger partial charge is 0.490 e. The predicted molar refractivity (Wildman–Crippen MR) is 135 cm³/mol. The van der Waals surface area contributed by atoms with E-state index in [0.717, 1.165) is 6.42 Å². The normalized spacial score (nSPS) is 13.4. The predicted octanol–water partition coefficient (Wildman–Crippen LogP) is 5.28. The molecule has 0 radical (unpaired) electrons. The minimum atomic E-state index is -1.98. The molecule has 1 aliphatic carbocycles. The zero-order chi connectivity index (χ0) is 21.2. The summed E-state index contributed by atoms with van der Waals surface area (Å²) in [4.78, 5) is 0. The van der Waals surface area contributed by atoms with Gasteiger partial charge in [-0.15, -0.1) is 0 Å². The van der Waals surface area contributed by atoms with Crippen LogP contribution in [0.3, 0.4) is 0 Å². The molecule has 0 saturated heterocycles. The van der Waals surface area contributed by atoms with E-state index >= 15 is 0 Å². The molecule has 0 saturated carbocycles. The van der Waals surface area contributed by atoms with Gasteiger partial charge in [0.2, 0.25) is 0 Å². The highest BCUT2D eigenvalue weighted by molar-refractivity contribution is 7.03. The van der Waals surface area contributed by atoms with Gasteiger partial charge in [0, 0.05) is 0 Å². The van der Waals surface area contributed by atoms with Gasteiger partial charge in [-0.1, -0.05) is 106 Å². The average molecular weight is 421 g/mol. The van der Waals surface area contributed by atoms with Crippen LogP contribution in [0.4, 0.5) is 0 Å². The van der Waals surface area contributed by atoms with Crippen LogP contribution in [-0.2, 0) is 6.42 Å². The zero-order valence-corrected chi connectivity index (χ0v) is 21.1. The molecule has 0 aromatic heterocycles. The first kappa shape index (κ1) is 21.9. The van der Waals surface area contributed by atoms with Gasteiger partial charge in [0.05, 0.1) is 8.07 Å². The first-order valence-electron chi connectivity index (χ1n) is 11.0. The van der Waals surface area contributed by atoms with Crippen molar-refractivity contribution in [3.05, 3.63) is 65.8 Å². The van der Waals surface area contributed by atoms with Crippen molar-refractivity contribution in [3.63, 3.8) is 0 Å². The Labute approximate surface area is 179 Å². The molecule has 0 unspecified atom stereocenters. The number of rotatable bonds is 8. The van der Waals surface area contributed by atoms with Crippen molar-refractivity contribution in [2.75, 3.05) is 6.61 Å². The van der Waals surface area contributed by atoms with E-state index in [2.05, 4.69) is 89.5 Å². The summed E-state index contributed by atoms with van der Waals surface area (Å²) < 4.78 is 6.48. The maximum Gasteiger partial charge on any atom is 0.123 e. The second-order valence-electron chi connectivity index (χ2n) is 9.31. The number of ether oxygens (including phenoxy) is 1. The van der Waals surface area contributed by atoms with Crippen LogP contribution < -0.4 is 20.3 Å². The maximum atomic E-state index is 6.48. The Bertz CT molecular complexity index is 930. The van der Waals surface area contributed by atoms with Crippen molar-refractivity contribution in [1.82, 2.24) is 0 Å². The van der Waals surface area contributed by atoms with Crippen molar-refractivity contribution in [2.24, 2.45) is 0 Å². The van der Waals surface area contributed by atoms with E-state index in [1.165, 1.54) is 44.9 Å². The third kappa shape index (κ3) is 3.95. The van der Waals surface area contributed by atoms with E-state index < -0.39 is 16.1 Å². The van der Waals surface area contributed by atoms with Gasteiger partial charge in [-0.05, 0) is 40.0 Å². The van der Waals surface area contributed by atoms with Crippen LogP contribution in [0.2, 0.25) is 31.7 Å². The van der Waals surface area contributed by atoms with Gasteiger partial charge in [-0.3, -0.25) is 0 Å². The number of hydrogen-bond donors (Lipinski definition) is 0. The molecule has 3 heteroatoms. The Morgan fingerprint density at radius 1 is 1.03 bits per heavy atom. The van der Waals surface area contributed by atoms with Crippen LogP contribution in [0.5, 0.6) is 5.75 Å². The summed E-state index contributed by atoms with van der Waals surface area (Å²) >= 11 is 0. The fraction of sp³-hybridized carbons (Fsp3) is 0.385. The molecular formula is C26H36OSi2. The Morgan fingerprint density at radius 2 is 1.72 bits per heavy atom. The van der Waals surface area contributed by atoms with E-state index in [-0.39, 0.29) is 0 Å². The van der Waals surface area contributed by atoms with E-state index in [1.807, 2.05) is 6.08 Å². The van der Waals surface area contributed by atoms with Crippen LogP contribution in [-0.4, -0.2) is 22.8 Å². The second kappa shape index (κ2) is 8.49. The molecule has 0 atom stereocenters. The molecule has 0 bridgehead atoms. The topological polar surface area (TPSA) is 9.23 Å². The number of benzene rings is 2. The van der Waals surface area contributed by atoms with Crippen LogP contribution in [0, 0.1) is 6.92 Å². The molecule has 1 nitrogen and oxygen atoms in total. The summed E-state index contributed by atoms with van der Waals surface area (Å²) in [5.74, 6) is 1.17. The summed E-state index contributed by atoms with van der Waals surface area (Å²) in [5, 5.41) is 4.54. The lowest BCUT2D eigenvalue weighted by molar-refractivity contribution is 0.368. The molecule has 2 aromatic rings. The van der Waals surface area contributed by atoms with Gasteiger partial charge < -0.3 is 4.74 Å². The number of allylic oxidation sites excluding steroid dienone is 1. The van der Waals surface area contributed by atoms with Crippen molar-refractivity contribution in [3.8, 4) is 5.75 Å². The van der Waals surface area contributed by atoms with E-state index in [1.54, 1.807) is 5.19 Å². The molecule has 0 aliphatic heterocycles. The number of hydrogen-bond acceptors (Lipinski definition) is 1. The summed E-state index contributed by atoms with van der Waals surface area (Å²) in [5.41, 5.74) is 4.33. The summed E-state index contributed by atoms with van der Waals surface area (Å²) in [6, 6.07) is 14.2. The van der Waals surface area contributed by atoms with Gasteiger partial charge in [0.1, 0.15) is 20.4 Å². The van der Waals surface area contributed by atoms with Crippen LogP contribution in [0.25, 0.3) is 6.08 Å². The van der Waals surface area contributed by atoms with Gasteiger partial charge >= 0.3 is 0 Å². The summed E-state index contributed by atoms with van der Waals surface area (Å²) in [6.45, 7) is 18.8. The average Bonchev–Trinajstić information content (AvgIpc) is 3.17. The van der Waals surface area contributed by atoms with Crippen molar-refractivity contribution in [1.29, 1.82) is 0 Å². The van der Waals surface area contributed by atoms with E-state index in [4.69, 9.17) is 4.74 Å². The first-order valence-corrected chi connectivity index (χ1v) is 16.9. The van der Waals surface area contributed by atoms with E-state index in [9.17, 15) is 0 Å². The molecule has 0 heterocycles. The Morgan fingerprint density at radius 3 is 2.34 bits per heavy atom. The smallest absolute Gasteiger partial charge is 0.123 e. The fourth-order valence-corrected chi connectivity index (χ4v) is 11.2. The standard InChI is InChI=1S/C26H36OSi2/c1-8-17-27-26-24(28(5,6)7)18-20(4)19-25(26)29(9-2,10-3)23-16-12-14-21-13-11-15-22(21)23/h8,11-12,14-16,18-19H,1,9-10,13,17H2,2-7H3. The molecule has 3 rings (SSSR count). The highest BCUT2D eigenvalue weighted by atomic mass is 28.3. The molecule has 2 aromatic carbocycles. The van der Waals surface area contributed by atoms with Crippen LogP contribution >= 0.6 is 0 Å². The zero-order valence-electron chi connectivity index (χ0n) is 19.1. The quantitative estimate of drug-likeness (QED) is 0.417. The third-order valence-corrected chi connectivity index (χ3v) is 13.7. The van der Waals surface area contributed by atoms with Gasteiger partial charge in [-0.25, -0.2) is 0 Å². The molecule has 0 spiro atoms. The Kier molecular flexibility index (Phi) is 6.40. The monoisotopic (exact) mass is 420 g/mol. The second-order valence-corrected chi connectivity index (χ2v) is 19.0. The molecule has 29 heavy (non-hydrogen) atoms.